The molecule has 0 amide bonds. The summed E-state index contributed by atoms with van der Waals surface area (Å²) in [5.41, 5.74) is 0. The minimum atomic E-state index is -4.95. The Balaban J connectivity index is 5.25. The minimum absolute atomic E-state index is 0.102. The molecule has 17 nitrogen and oxygen atoms in total. The Labute approximate surface area is 517 Å². The van der Waals surface area contributed by atoms with E-state index in [9.17, 15) is 43.2 Å². The first-order valence-electron chi connectivity index (χ1n) is 34.4. The van der Waals surface area contributed by atoms with Gasteiger partial charge in [0, 0.05) is 25.7 Å². The zero-order chi connectivity index (χ0) is 63.1. The van der Waals surface area contributed by atoms with Gasteiger partial charge in [-0.3, -0.25) is 37.3 Å². The molecule has 3 N–H and O–H groups in total. The Morgan fingerprint density at radius 2 is 0.600 bits per heavy atom. The first kappa shape index (κ1) is 83.1. The summed E-state index contributed by atoms with van der Waals surface area (Å²) in [6, 6.07) is 0. The van der Waals surface area contributed by atoms with Gasteiger partial charge in [-0.1, -0.05) is 273 Å². The van der Waals surface area contributed by atoms with Crippen molar-refractivity contribution in [1.82, 2.24) is 0 Å². The van der Waals surface area contributed by atoms with Gasteiger partial charge in [0.25, 0.3) is 0 Å². The van der Waals surface area contributed by atoms with Crippen molar-refractivity contribution in [2.24, 2.45) is 17.8 Å². The SMILES string of the molecule is CCCCCCCCCCCCCCC(=O)OC[C@H](COP(=O)(O)OC[C@@H](O)COP(=O)(O)OC[C@@H](COC(=O)CCCCCCCCC(C)C)OC(=O)CCCCCCCCC(C)CC)OC(=O)CCCCCCCCCCCCC(C)CC. The fraction of sp³-hybridized carbons (Fsp3) is 0.939. The van der Waals surface area contributed by atoms with Crippen molar-refractivity contribution in [3.8, 4) is 0 Å². The number of carbonyl (C=O) groups is 4. The summed E-state index contributed by atoms with van der Waals surface area (Å²) in [6.07, 6.45) is 39.0. The summed E-state index contributed by atoms with van der Waals surface area (Å²) in [7, 11) is -9.89. The monoisotopic (exact) mass is 1250 g/mol. The number of phosphoric acid groups is 2. The fourth-order valence-corrected chi connectivity index (χ4v) is 11.3. The van der Waals surface area contributed by atoms with Crippen molar-refractivity contribution < 1.29 is 80.2 Å². The van der Waals surface area contributed by atoms with Gasteiger partial charge in [0.05, 0.1) is 26.4 Å². The van der Waals surface area contributed by atoms with E-state index in [0.29, 0.717) is 31.6 Å². The number of aliphatic hydroxyl groups excluding tert-OH is 1. The van der Waals surface area contributed by atoms with Crippen LogP contribution < -0.4 is 0 Å². The molecule has 4 unspecified atom stereocenters. The lowest BCUT2D eigenvalue weighted by molar-refractivity contribution is -0.161. The molecule has 0 saturated carbocycles. The van der Waals surface area contributed by atoms with E-state index in [2.05, 4.69) is 48.5 Å². The van der Waals surface area contributed by atoms with Gasteiger partial charge in [-0.15, -0.1) is 0 Å². The van der Waals surface area contributed by atoms with Gasteiger partial charge in [0.15, 0.2) is 12.2 Å². The van der Waals surface area contributed by atoms with Crippen molar-refractivity contribution in [3.05, 3.63) is 0 Å². The van der Waals surface area contributed by atoms with Crippen LogP contribution in [-0.4, -0.2) is 96.7 Å². The van der Waals surface area contributed by atoms with Crippen LogP contribution in [0.15, 0.2) is 0 Å². The topological polar surface area (TPSA) is 237 Å². The highest BCUT2D eigenvalue weighted by Gasteiger charge is 2.30. The largest absolute Gasteiger partial charge is 0.472 e. The molecule has 0 aromatic carbocycles. The molecule has 0 aromatic heterocycles. The third-order valence-electron chi connectivity index (χ3n) is 15.9. The molecule has 0 fully saturated rings. The number of hydrogen-bond acceptors (Lipinski definition) is 15. The lowest BCUT2D eigenvalue weighted by atomic mass is 9.99. The molecular weight excluding hydrogens is 1130 g/mol. The maximum Gasteiger partial charge on any atom is 0.472 e. The number of rotatable bonds is 64. The van der Waals surface area contributed by atoms with E-state index >= 15 is 0 Å². The summed E-state index contributed by atoms with van der Waals surface area (Å²) in [4.78, 5) is 72.3. The second-order valence-electron chi connectivity index (χ2n) is 24.8. The molecule has 0 bridgehead atoms. The molecule has 85 heavy (non-hydrogen) atoms. The standard InChI is InChI=1S/C66H128O17P2/c1-8-11-12-13-14-15-16-17-21-24-33-40-47-63(68)76-53-61(82-65(70)49-42-35-25-22-19-18-20-23-31-38-45-58(6)9-2)55-80-84(72,73)78-51-60(67)52-79-85(74,75)81-56-62(54-77-64(69)48-41-34-28-26-30-37-44-57(4)5)83-66(71)50-43-36-29-27-32-39-46-59(7)10-3/h57-62,67H,8-56H2,1-7H3,(H,72,73)(H,74,75)/t58?,59?,60-,61-,62-/m1/s1. The van der Waals surface area contributed by atoms with E-state index in [1.165, 1.54) is 128 Å². The van der Waals surface area contributed by atoms with Crippen LogP contribution in [0.4, 0.5) is 0 Å². The lowest BCUT2D eigenvalue weighted by Crippen LogP contribution is -2.30. The van der Waals surface area contributed by atoms with Gasteiger partial charge < -0.3 is 33.8 Å². The third-order valence-corrected chi connectivity index (χ3v) is 17.8. The molecule has 504 valence electrons. The number of hydrogen-bond donors (Lipinski definition) is 3. The summed E-state index contributed by atoms with van der Waals surface area (Å²) in [5.74, 6) is 0.0666. The Kier molecular flexibility index (Phi) is 55.9. The van der Waals surface area contributed by atoms with Crippen LogP contribution in [0.5, 0.6) is 0 Å². The van der Waals surface area contributed by atoms with Crippen LogP contribution in [-0.2, 0) is 65.4 Å². The molecule has 7 atom stereocenters. The molecule has 0 aromatic rings. The van der Waals surface area contributed by atoms with E-state index in [1.54, 1.807) is 0 Å². The number of carbonyl (C=O) groups excluding carboxylic acids is 4. The molecule has 0 rings (SSSR count). The summed E-state index contributed by atoms with van der Waals surface area (Å²) in [6.45, 7) is 11.7. The van der Waals surface area contributed by atoms with Gasteiger partial charge in [0.1, 0.15) is 19.3 Å². The smallest absolute Gasteiger partial charge is 0.462 e. The van der Waals surface area contributed by atoms with Crippen molar-refractivity contribution in [3.63, 3.8) is 0 Å². The number of esters is 4. The molecule has 0 radical (unpaired) electrons. The third kappa shape index (κ3) is 58.2. The van der Waals surface area contributed by atoms with Crippen molar-refractivity contribution in [2.45, 2.75) is 343 Å². The van der Waals surface area contributed by atoms with Crippen LogP contribution in [0.2, 0.25) is 0 Å². The first-order valence-corrected chi connectivity index (χ1v) is 37.4. The van der Waals surface area contributed by atoms with E-state index < -0.39 is 97.5 Å². The molecule has 0 heterocycles. The molecule has 0 aliphatic heterocycles. The number of ether oxygens (including phenoxy) is 4. The van der Waals surface area contributed by atoms with Gasteiger partial charge in [-0.25, -0.2) is 9.13 Å². The predicted molar refractivity (Wildman–Crippen MR) is 340 cm³/mol. The average molecular weight is 1260 g/mol. The predicted octanol–water partition coefficient (Wildman–Crippen LogP) is 18.3. The van der Waals surface area contributed by atoms with E-state index in [-0.39, 0.29) is 25.7 Å². The molecule has 0 spiro atoms. The zero-order valence-corrected chi connectivity index (χ0v) is 56.9. The maximum absolute atomic E-state index is 13.0. The highest BCUT2D eigenvalue weighted by molar-refractivity contribution is 7.47. The molecule has 19 heteroatoms. The number of phosphoric ester groups is 2. The zero-order valence-electron chi connectivity index (χ0n) is 55.1. The van der Waals surface area contributed by atoms with Gasteiger partial charge in [-0.2, -0.15) is 0 Å². The van der Waals surface area contributed by atoms with E-state index in [4.69, 9.17) is 37.0 Å². The fourth-order valence-electron chi connectivity index (χ4n) is 9.77. The van der Waals surface area contributed by atoms with Crippen LogP contribution in [0.3, 0.4) is 0 Å². The first-order chi connectivity index (χ1) is 40.8. The summed E-state index contributed by atoms with van der Waals surface area (Å²) < 4.78 is 68.1. The normalized spacial score (nSPS) is 15.0. The highest BCUT2D eigenvalue weighted by Crippen LogP contribution is 2.45. The molecule has 0 aliphatic carbocycles. The minimum Gasteiger partial charge on any atom is -0.462 e. The number of unbranched alkanes of at least 4 members (excludes halogenated alkanes) is 30. The van der Waals surface area contributed by atoms with Gasteiger partial charge in [-0.05, 0) is 43.4 Å². The highest BCUT2D eigenvalue weighted by atomic mass is 31.2. The number of aliphatic hydroxyl groups is 1. The summed E-state index contributed by atoms with van der Waals surface area (Å²) in [5, 5.41) is 10.5. The van der Waals surface area contributed by atoms with E-state index in [0.717, 1.165) is 108 Å². The quantitative estimate of drug-likeness (QED) is 0.0222. The molecule has 0 saturated heterocycles. The Morgan fingerprint density at radius 1 is 0.341 bits per heavy atom. The second-order valence-corrected chi connectivity index (χ2v) is 27.7. The van der Waals surface area contributed by atoms with Gasteiger partial charge >= 0.3 is 39.5 Å². The second kappa shape index (κ2) is 57.2. The van der Waals surface area contributed by atoms with Crippen molar-refractivity contribution in [2.75, 3.05) is 39.6 Å². The Hall–Kier alpha value is -1.94. The van der Waals surface area contributed by atoms with Crippen LogP contribution in [0, 0.1) is 17.8 Å². The molecular formula is C66H128O17P2. The van der Waals surface area contributed by atoms with Crippen molar-refractivity contribution in [1.29, 1.82) is 0 Å². The summed E-state index contributed by atoms with van der Waals surface area (Å²) >= 11 is 0. The lowest BCUT2D eigenvalue weighted by Gasteiger charge is -2.21. The Morgan fingerprint density at radius 3 is 0.894 bits per heavy atom. The van der Waals surface area contributed by atoms with Gasteiger partial charge in [0.2, 0.25) is 0 Å². The molecule has 0 aliphatic rings. The maximum atomic E-state index is 13.0. The van der Waals surface area contributed by atoms with Crippen molar-refractivity contribution >= 4 is 39.5 Å². The average Bonchev–Trinajstić information content (AvgIpc) is 3.62. The van der Waals surface area contributed by atoms with E-state index in [1.807, 2.05) is 0 Å². The van der Waals surface area contributed by atoms with Crippen LogP contribution in [0.25, 0.3) is 0 Å². The van der Waals surface area contributed by atoms with Crippen LogP contribution in [0.1, 0.15) is 325 Å². The van der Waals surface area contributed by atoms with Crippen LogP contribution >= 0.6 is 15.6 Å². The Bertz CT molecular complexity index is 1690.